The van der Waals surface area contributed by atoms with E-state index in [2.05, 4.69) is 5.32 Å². The van der Waals surface area contributed by atoms with Crippen LogP contribution in [0.5, 0.6) is 0 Å². The molecule has 2 amide bonds. The summed E-state index contributed by atoms with van der Waals surface area (Å²) in [6.07, 6.45) is 4.05. The van der Waals surface area contributed by atoms with Crippen LogP contribution < -0.4 is 5.32 Å². The van der Waals surface area contributed by atoms with Crippen molar-refractivity contribution < 1.29 is 22.7 Å². The lowest BCUT2D eigenvalue weighted by atomic mass is 10.1. The minimum Gasteiger partial charge on any atom is -0.383 e. The molecule has 166 valence electrons. The molecule has 0 radical (unpaired) electrons. The Hall–Kier alpha value is -1.97. The Kier molecular flexibility index (Phi) is 7.49. The highest BCUT2D eigenvalue weighted by Gasteiger charge is 2.36. The maximum atomic E-state index is 12.9. The van der Waals surface area contributed by atoms with E-state index in [0.29, 0.717) is 31.9 Å². The molecule has 0 spiro atoms. The van der Waals surface area contributed by atoms with Gasteiger partial charge in [0.1, 0.15) is 0 Å². The number of hydrogen-bond donors (Lipinski definition) is 1. The molecule has 2 aliphatic rings. The first-order valence-electron chi connectivity index (χ1n) is 10.5. The van der Waals surface area contributed by atoms with Crippen molar-refractivity contribution in [2.45, 2.75) is 50.0 Å². The van der Waals surface area contributed by atoms with Gasteiger partial charge >= 0.3 is 0 Å². The van der Waals surface area contributed by atoms with E-state index in [1.807, 2.05) is 6.92 Å². The lowest BCUT2D eigenvalue weighted by Gasteiger charge is -2.23. The number of amides is 2. The Morgan fingerprint density at radius 1 is 1.17 bits per heavy atom. The molecule has 2 fully saturated rings. The molecule has 30 heavy (non-hydrogen) atoms. The van der Waals surface area contributed by atoms with Crippen LogP contribution in [0.15, 0.2) is 29.2 Å². The zero-order valence-corrected chi connectivity index (χ0v) is 18.5. The summed E-state index contributed by atoms with van der Waals surface area (Å²) in [7, 11) is -1.94. The molecule has 0 aliphatic carbocycles. The van der Waals surface area contributed by atoms with Gasteiger partial charge in [-0.3, -0.25) is 9.59 Å². The highest BCUT2D eigenvalue weighted by Crippen LogP contribution is 2.24. The molecule has 0 unspecified atom stereocenters. The van der Waals surface area contributed by atoms with Crippen molar-refractivity contribution in [3.05, 3.63) is 24.3 Å². The summed E-state index contributed by atoms with van der Waals surface area (Å²) in [4.78, 5) is 26.7. The van der Waals surface area contributed by atoms with Crippen LogP contribution in [0.3, 0.4) is 0 Å². The van der Waals surface area contributed by atoms with E-state index in [9.17, 15) is 18.0 Å². The number of rotatable bonds is 7. The van der Waals surface area contributed by atoms with Crippen molar-refractivity contribution in [2.75, 3.05) is 38.7 Å². The second kappa shape index (κ2) is 9.89. The number of nitrogens with one attached hydrogen (secondary N) is 1. The van der Waals surface area contributed by atoms with Crippen molar-refractivity contribution in [1.29, 1.82) is 0 Å². The van der Waals surface area contributed by atoms with E-state index in [1.54, 1.807) is 28.4 Å². The SMILES string of the molecule is COC[C@@H](C)N1C[C@@H](C(=O)Nc2ccc(S(=O)(=O)N3CCCCCC3)cc2)CC1=O. The number of likely N-dealkylation sites (tertiary alicyclic amines) is 1. The van der Waals surface area contributed by atoms with E-state index in [4.69, 9.17) is 4.74 Å². The monoisotopic (exact) mass is 437 g/mol. The van der Waals surface area contributed by atoms with Crippen LogP contribution in [-0.2, 0) is 24.3 Å². The third-order valence-corrected chi connectivity index (χ3v) is 7.71. The molecular formula is C21H31N3O5S. The predicted molar refractivity (Wildman–Crippen MR) is 113 cm³/mol. The van der Waals surface area contributed by atoms with Crippen molar-refractivity contribution in [3.8, 4) is 0 Å². The first kappa shape index (κ1) is 22.7. The molecule has 2 atom stereocenters. The number of hydrogen-bond acceptors (Lipinski definition) is 5. The van der Waals surface area contributed by atoms with Gasteiger partial charge in [-0.25, -0.2) is 8.42 Å². The molecular weight excluding hydrogens is 406 g/mol. The Balaban J connectivity index is 1.61. The summed E-state index contributed by atoms with van der Waals surface area (Å²) in [5.74, 6) is -0.727. The Bertz CT molecular complexity index is 848. The fraction of sp³-hybridized carbons (Fsp3) is 0.619. The van der Waals surface area contributed by atoms with Gasteiger partial charge < -0.3 is 15.0 Å². The van der Waals surface area contributed by atoms with Crippen LogP contribution in [0.25, 0.3) is 0 Å². The minimum atomic E-state index is -3.52. The summed E-state index contributed by atoms with van der Waals surface area (Å²) in [5.41, 5.74) is 0.519. The highest BCUT2D eigenvalue weighted by atomic mass is 32.2. The molecule has 8 nitrogen and oxygen atoms in total. The quantitative estimate of drug-likeness (QED) is 0.705. The van der Waals surface area contributed by atoms with Gasteiger partial charge in [-0.05, 0) is 44.0 Å². The van der Waals surface area contributed by atoms with Crippen molar-refractivity contribution in [1.82, 2.24) is 9.21 Å². The van der Waals surface area contributed by atoms with Crippen LogP contribution >= 0.6 is 0 Å². The van der Waals surface area contributed by atoms with Gasteiger partial charge in [-0.1, -0.05) is 12.8 Å². The first-order chi connectivity index (χ1) is 14.3. The third-order valence-electron chi connectivity index (χ3n) is 5.79. The summed E-state index contributed by atoms with van der Waals surface area (Å²) in [6, 6.07) is 6.18. The molecule has 1 aromatic rings. The molecule has 2 saturated heterocycles. The Labute approximate surface area is 178 Å². The topological polar surface area (TPSA) is 96.0 Å². The van der Waals surface area contributed by atoms with Gasteiger partial charge in [0.05, 0.1) is 23.5 Å². The van der Waals surface area contributed by atoms with E-state index in [1.165, 1.54) is 12.1 Å². The number of sulfonamides is 1. The van der Waals surface area contributed by atoms with E-state index >= 15 is 0 Å². The van der Waals surface area contributed by atoms with Gasteiger partial charge in [-0.2, -0.15) is 4.31 Å². The molecule has 9 heteroatoms. The maximum Gasteiger partial charge on any atom is 0.243 e. The van der Waals surface area contributed by atoms with Crippen LogP contribution in [-0.4, -0.2) is 68.8 Å². The smallest absolute Gasteiger partial charge is 0.243 e. The van der Waals surface area contributed by atoms with Gasteiger partial charge in [-0.15, -0.1) is 0 Å². The van der Waals surface area contributed by atoms with Crippen molar-refractivity contribution >= 4 is 27.5 Å². The lowest BCUT2D eigenvalue weighted by molar-refractivity contribution is -0.130. The number of methoxy groups -OCH3 is 1. The van der Waals surface area contributed by atoms with Crippen LogP contribution in [0.2, 0.25) is 0 Å². The number of ether oxygens (including phenoxy) is 1. The second-order valence-corrected chi connectivity index (χ2v) is 10.0. The summed E-state index contributed by atoms with van der Waals surface area (Å²) in [6.45, 7) is 3.78. The normalized spacial score (nSPS) is 22.0. The maximum absolute atomic E-state index is 12.9. The van der Waals surface area contributed by atoms with E-state index in [-0.39, 0.29) is 29.2 Å². The number of anilines is 1. The summed E-state index contributed by atoms with van der Waals surface area (Å²) >= 11 is 0. The number of benzene rings is 1. The fourth-order valence-corrected chi connectivity index (χ4v) is 5.57. The molecule has 0 aromatic heterocycles. The zero-order valence-electron chi connectivity index (χ0n) is 17.7. The standard InChI is InChI=1S/C21H31N3O5S/c1-16(15-29-2)24-14-17(13-20(24)25)21(26)22-18-7-9-19(10-8-18)30(27,28)23-11-5-3-4-6-12-23/h7-10,16-17H,3-6,11-15H2,1-2H3,(H,22,26)/t16-,17+/m1/s1. The Morgan fingerprint density at radius 2 is 1.80 bits per heavy atom. The van der Waals surface area contributed by atoms with E-state index in [0.717, 1.165) is 25.7 Å². The minimum absolute atomic E-state index is 0.0569. The molecule has 2 heterocycles. The van der Waals surface area contributed by atoms with Crippen molar-refractivity contribution in [3.63, 3.8) is 0 Å². The first-order valence-corrected chi connectivity index (χ1v) is 12.0. The van der Waals surface area contributed by atoms with Gasteiger partial charge in [0.15, 0.2) is 0 Å². The zero-order chi connectivity index (χ0) is 21.7. The van der Waals surface area contributed by atoms with Crippen LogP contribution in [0, 0.1) is 5.92 Å². The second-order valence-electron chi connectivity index (χ2n) is 8.08. The van der Waals surface area contributed by atoms with E-state index < -0.39 is 15.9 Å². The average Bonchev–Trinajstić information content (AvgIpc) is 2.92. The number of carbonyl (C=O) groups excluding carboxylic acids is 2. The Morgan fingerprint density at radius 3 is 2.40 bits per heavy atom. The molecule has 2 aliphatic heterocycles. The van der Waals surface area contributed by atoms with Crippen LogP contribution in [0.4, 0.5) is 5.69 Å². The van der Waals surface area contributed by atoms with Gasteiger partial charge in [0, 0.05) is 38.9 Å². The fourth-order valence-electron chi connectivity index (χ4n) is 4.05. The average molecular weight is 438 g/mol. The molecule has 0 bridgehead atoms. The summed E-state index contributed by atoms with van der Waals surface area (Å²) < 4.78 is 32.4. The van der Waals surface area contributed by atoms with Gasteiger partial charge in [0.2, 0.25) is 21.8 Å². The van der Waals surface area contributed by atoms with Gasteiger partial charge in [0.25, 0.3) is 0 Å². The van der Waals surface area contributed by atoms with Crippen LogP contribution in [0.1, 0.15) is 39.0 Å². The highest BCUT2D eigenvalue weighted by molar-refractivity contribution is 7.89. The summed E-state index contributed by atoms with van der Waals surface area (Å²) in [5, 5.41) is 2.81. The van der Waals surface area contributed by atoms with Crippen molar-refractivity contribution in [2.24, 2.45) is 5.92 Å². The lowest BCUT2D eigenvalue weighted by Crippen LogP contribution is -2.38. The third kappa shape index (κ3) is 5.19. The largest absolute Gasteiger partial charge is 0.383 e. The molecule has 3 rings (SSSR count). The molecule has 1 N–H and O–H groups in total. The number of carbonyl (C=O) groups is 2. The predicted octanol–water partition coefficient (Wildman–Crippen LogP) is 2.07. The number of nitrogens with zero attached hydrogens (tertiary/aromatic N) is 2. The molecule has 1 aromatic carbocycles. The molecule has 0 saturated carbocycles.